The van der Waals surface area contributed by atoms with Crippen LogP contribution in [0.1, 0.15) is 41.0 Å². The number of ether oxygens (including phenoxy) is 1. The van der Waals surface area contributed by atoms with Crippen molar-refractivity contribution in [3.8, 4) is 0 Å². The van der Waals surface area contributed by atoms with Gasteiger partial charge in [0.2, 0.25) is 0 Å². The van der Waals surface area contributed by atoms with Crippen molar-refractivity contribution < 1.29 is 4.74 Å². The SMILES string of the molecule is COCCC(C)(CN)N(CC(C)C)CC(C)C. The molecule has 0 radical (unpaired) electrons. The van der Waals surface area contributed by atoms with Crippen molar-refractivity contribution in [2.45, 2.75) is 46.6 Å². The second-order valence-corrected chi connectivity index (χ2v) is 6.14. The number of hydrogen-bond donors (Lipinski definition) is 1. The predicted octanol–water partition coefficient (Wildman–Crippen LogP) is 2.35. The van der Waals surface area contributed by atoms with E-state index in [1.54, 1.807) is 7.11 Å². The molecule has 1 atom stereocenters. The third kappa shape index (κ3) is 6.39. The Morgan fingerprint density at radius 3 is 1.88 bits per heavy atom. The van der Waals surface area contributed by atoms with E-state index in [1.165, 1.54) is 0 Å². The van der Waals surface area contributed by atoms with Crippen molar-refractivity contribution in [2.24, 2.45) is 17.6 Å². The molecule has 3 nitrogen and oxygen atoms in total. The van der Waals surface area contributed by atoms with E-state index in [2.05, 4.69) is 39.5 Å². The van der Waals surface area contributed by atoms with Gasteiger partial charge in [0.1, 0.15) is 0 Å². The quantitative estimate of drug-likeness (QED) is 0.676. The summed E-state index contributed by atoms with van der Waals surface area (Å²) in [5.74, 6) is 1.34. The molecule has 0 aliphatic heterocycles. The maximum absolute atomic E-state index is 6.00. The van der Waals surface area contributed by atoms with Crippen molar-refractivity contribution in [3.63, 3.8) is 0 Å². The van der Waals surface area contributed by atoms with Crippen LogP contribution in [0.5, 0.6) is 0 Å². The number of nitrogens with two attached hydrogens (primary N) is 1. The number of methoxy groups -OCH3 is 1. The largest absolute Gasteiger partial charge is 0.385 e. The van der Waals surface area contributed by atoms with Crippen LogP contribution in [-0.4, -0.2) is 43.8 Å². The van der Waals surface area contributed by atoms with Gasteiger partial charge < -0.3 is 10.5 Å². The molecule has 0 aliphatic carbocycles. The Labute approximate surface area is 108 Å². The molecule has 0 aliphatic rings. The van der Waals surface area contributed by atoms with Crippen molar-refractivity contribution in [1.29, 1.82) is 0 Å². The molecule has 17 heavy (non-hydrogen) atoms. The minimum absolute atomic E-state index is 0.0601. The van der Waals surface area contributed by atoms with E-state index in [1.807, 2.05) is 0 Å². The van der Waals surface area contributed by atoms with Crippen LogP contribution in [0.15, 0.2) is 0 Å². The fraction of sp³-hybridized carbons (Fsp3) is 1.00. The van der Waals surface area contributed by atoms with Gasteiger partial charge in [0.25, 0.3) is 0 Å². The minimum atomic E-state index is 0.0601. The molecule has 0 amide bonds. The summed E-state index contributed by atoms with van der Waals surface area (Å²) >= 11 is 0. The molecular formula is C14H32N2O. The summed E-state index contributed by atoms with van der Waals surface area (Å²) < 4.78 is 5.22. The Bertz CT molecular complexity index is 185. The molecule has 0 heterocycles. The summed E-state index contributed by atoms with van der Waals surface area (Å²) in [6.45, 7) is 15.0. The number of hydrogen-bond acceptors (Lipinski definition) is 3. The molecular weight excluding hydrogens is 212 g/mol. The molecule has 1 unspecified atom stereocenters. The van der Waals surface area contributed by atoms with Crippen LogP contribution in [0.4, 0.5) is 0 Å². The van der Waals surface area contributed by atoms with Gasteiger partial charge in [0, 0.05) is 38.9 Å². The van der Waals surface area contributed by atoms with Gasteiger partial charge in [-0.05, 0) is 25.2 Å². The van der Waals surface area contributed by atoms with Crippen molar-refractivity contribution in [2.75, 3.05) is 33.4 Å². The molecule has 2 N–H and O–H groups in total. The van der Waals surface area contributed by atoms with Crippen LogP contribution in [0.3, 0.4) is 0 Å². The molecule has 0 aromatic rings. The van der Waals surface area contributed by atoms with Gasteiger partial charge in [-0.15, -0.1) is 0 Å². The molecule has 0 aromatic carbocycles. The minimum Gasteiger partial charge on any atom is -0.385 e. The first-order valence-corrected chi connectivity index (χ1v) is 6.79. The summed E-state index contributed by atoms with van der Waals surface area (Å²) in [5.41, 5.74) is 6.06. The highest BCUT2D eigenvalue weighted by molar-refractivity contribution is 4.88. The van der Waals surface area contributed by atoms with Crippen LogP contribution in [0.25, 0.3) is 0 Å². The van der Waals surface area contributed by atoms with E-state index in [4.69, 9.17) is 10.5 Å². The molecule has 0 rings (SSSR count). The van der Waals surface area contributed by atoms with E-state index in [0.29, 0.717) is 18.4 Å². The smallest absolute Gasteiger partial charge is 0.0480 e. The first-order valence-electron chi connectivity index (χ1n) is 6.79. The molecule has 0 fully saturated rings. The Balaban J connectivity index is 4.68. The molecule has 3 heteroatoms. The summed E-state index contributed by atoms with van der Waals surface area (Å²) in [6, 6.07) is 0. The lowest BCUT2D eigenvalue weighted by molar-refractivity contribution is 0.0499. The first-order chi connectivity index (χ1) is 7.85. The van der Waals surface area contributed by atoms with E-state index < -0.39 is 0 Å². The third-order valence-corrected chi connectivity index (χ3v) is 3.22. The van der Waals surface area contributed by atoms with Gasteiger partial charge in [0.15, 0.2) is 0 Å². The summed E-state index contributed by atoms with van der Waals surface area (Å²) in [5, 5.41) is 0. The zero-order chi connectivity index (χ0) is 13.5. The Morgan fingerprint density at radius 1 is 1.12 bits per heavy atom. The molecule has 0 saturated heterocycles. The summed E-state index contributed by atoms with van der Waals surface area (Å²) in [4.78, 5) is 2.54. The zero-order valence-corrected chi connectivity index (χ0v) is 12.6. The van der Waals surface area contributed by atoms with Crippen molar-refractivity contribution in [3.05, 3.63) is 0 Å². The number of nitrogens with zero attached hydrogens (tertiary/aromatic N) is 1. The Kier molecular flexibility index (Phi) is 8.01. The monoisotopic (exact) mass is 244 g/mol. The molecule has 0 bridgehead atoms. The molecule has 0 spiro atoms. The van der Waals surface area contributed by atoms with Crippen LogP contribution in [0, 0.1) is 11.8 Å². The average Bonchev–Trinajstić information content (AvgIpc) is 2.23. The van der Waals surface area contributed by atoms with Crippen LogP contribution >= 0.6 is 0 Å². The first kappa shape index (κ1) is 16.9. The lowest BCUT2D eigenvalue weighted by Gasteiger charge is -2.42. The van der Waals surface area contributed by atoms with Crippen molar-refractivity contribution in [1.82, 2.24) is 4.90 Å². The average molecular weight is 244 g/mol. The highest BCUT2D eigenvalue weighted by Crippen LogP contribution is 2.21. The van der Waals surface area contributed by atoms with Gasteiger partial charge in [-0.3, -0.25) is 4.90 Å². The second kappa shape index (κ2) is 8.06. The van der Waals surface area contributed by atoms with Gasteiger partial charge in [-0.1, -0.05) is 27.7 Å². The fourth-order valence-electron chi connectivity index (χ4n) is 2.11. The maximum Gasteiger partial charge on any atom is 0.0480 e. The van der Waals surface area contributed by atoms with Crippen LogP contribution < -0.4 is 5.73 Å². The fourth-order valence-corrected chi connectivity index (χ4v) is 2.11. The van der Waals surface area contributed by atoms with Gasteiger partial charge in [-0.2, -0.15) is 0 Å². The number of rotatable bonds is 9. The van der Waals surface area contributed by atoms with Gasteiger partial charge >= 0.3 is 0 Å². The second-order valence-electron chi connectivity index (χ2n) is 6.14. The third-order valence-electron chi connectivity index (χ3n) is 3.22. The van der Waals surface area contributed by atoms with E-state index in [9.17, 15) is 0 Å². The topological polar surface area (TPSA) is 38.5 Å². The van der Waals surface area contributed by atoms with Crippen LogP contribution in [0.2, 0.25) is 0 Å². The Morgan fingerprint density at radius 2 is 1.59 bits per heavy atom. The summed E-state index contributed by atoms with van der Waals surface area (Å²) in [6.07, 6.45) is 0.999. The summed E-state index contributed by atoms with van der Waals surface area (Å²) in [7, 11) is 1.76. The van der Waals surface area contributed by atoms with E-state index in [-0.39, 0.29) is 5.54 Å². The molecule has 104 valence electrons. The predicted molar refractivity (Wildman–Crippen MR) is 75.2 cm³/mol. The maximum atomic E-state index is 6.00. The standard InChI is InChI=1S/C14H32N2O/c1-12(2)9-16(10-13(3)4)14(5,11-15)7-8-17-6/h12-13H,7-11,15H2,1-6H3. The van der Waals surface area contributed by atoms with Crippen molar-refractivity contribution >= 4 is 0 Å². The normalized spacial score (nSPS) is 15.9. The Hall–Kier alpha value is -0.120. The van der Waals surface area contributed by atoms with Gasteiger partial charge in [0.05, 0.1) is 0 Å². The highest BCUT2D eigenvalue weighted by Gasteiger charge is 2.30. The molecule has 0 aromatic heterocycles. The van der Waals surface area contributed by atoms with Gasteiger partial charge in [-0.25, -0.2) is 0 Å². The molecule has 0 saturated carbocycles. The lowest BCUT2D eigenvalue weighted by atomic mass is 9.93. The zero-order valence-electron chi connectivity index (χ0n) is 12.6. The highest BCUT2D eigenvalue weighted by atomic mass is 16.5. The van der Waals surface area contributed by atoms with Crippen LogP contribution in [-0.2, 0) is 4.74 Å². The van der Waals surface area contributed by atoms with E-state index >= 15 is 0 Å². The lowest BCUT2D eigenvalue weighted by Crippen LogP contribution is -2.54. The van der Waals surface area contributed by atoms with E-state index in [0.717, 1.165) is 26.1 Å².